The third-order valence-electron chi connectivity index (χ3n) is 1.28. The van der Waals surface area contributed by atoms with Crippen molar-refractivity contribution in [3.8, 4) is 0 Å². The van der Waals surface area contributed by atoms with Gasteiger partial charge in [0.2, 0.25) is 5.76 Å². The minimum absolute atomic E-state index is 0.315. The fraction of sp³-hybridized carbons (Fsp3) is 0.500. The Hall–Kier alpha value is -0.640. The number of hydrogen-bond acceptors (Lipinski definition) is 4. The lowest BCUT2D eigenvalue weighted by atomic mass is 10.3. The predicted octanol–water partition coefficient (Wildman–Crippen LogP) is 0.373. The number of ether oxygens (including phenoxy) is 2. The molecule has 0 N–H and O–H groups in total. The molecule has 0 atom stereocenters. The van der Waals surface area contributed by atoms with Crippen LogP contribution in [0.3, 0.4) is 0 Å². The first-order valence-corrected chi connectivity index (χ1v) is 3.47. The quantitative estimate of drug-likeness (QED) is 0.468. The third-order valence-corrected chi connectivity index (χ3v) is 1.66. The van der Waals surface area contributed by atoms with E-state index in [1.54, 1.807) is 0 Å². The standard InChI is InChI=1S/C6H8O3S/c1-8-5-4(3-10)2-9-6(5)7/h10H,2-3H2,1H3. The molecule has 0 spiro atoms. The molecule has 0 bridgehead atoms. The van der Waals surface area contributed by atoms with Gasteiger partial charge in [-0.2, -0.15) is 12.6 Å². The summed E-state index contributed by atoms with van der Waals surface area (Å²) in [5.41, 5.74) is 0.816. The second kappa shape index (κ2) is 2.96. The molecule has 0 unspecified atom stereocenters. The number of hydrogen-bond donors (Lipinski definition) is 1. The maximum atomic E-state index is 10.7. The van der Waals surface area contributed by atoms with Crippen molar-refractivity contribution in [3.63, 3.8) is 0 Å². The molecule has 0 radical (unpaired) electrons. The zero-order valence-corrected chi connectivity index (χ0v) is 6.48. The van der Waals surface area contributed by atoms with Crippen LogP contribution in [-0.2, 0) is 14.3 Å². The predicted molar refractivity (Wildman–Crippen MR) is 38.8 cm³/mol. The molecule has 0 aromatic rings. The Bertz CT molecular complexity index is 185. The molecule has 0 aromatic carbocycles. The zero-order chi connectivity index (χ0) is 7.56. The van der Waals surface area contributed by atoms with E-state index < -0.39 is 0 Å². The summed E-state index contributed by atoms with van der Waals surface area (Å²) in [6.07, 6.45) is 0. The van der Waals surface area contributed by atoms with Crippen molar-refractivity contribution < 1.29 is 14.3 Å². The molecule has 0 saturated carbocycles. The van der Waals surface area contributed by atoms with Gasteiger partial charge in [0.15, 0.2) is 0 Å². The first-order valence-electron chi connectivity index (χ1n) is 2.83. The molecule has 1 heterocycles. The van der Waals surface area contributed by atoms with Gasteiger partial charge in [0.1, 0.15) is 6.61 Å². The molecule has 0 saturated heterocycles. The van der Waals surface area contributed by atoms with Gasteiger partial charge in [-0.3, -0.25) is 0 Å². The van der Waals surface area contributed by atoms with Gasteiger partial charge in [-0.1, -0.05) is 0 Å². The molecule has 1 aliphatic rings. The van der Waals surface area contributed by atoms with Crippen LogP contribution in [0.1, 0.15) is 0 Å². The third kappa shape index (κ3) is 1.11. The van der Waals surface area contributed by atoms with Gasteiger partial charge in [-0.25, -0.2) is 4.79 Å². The molecule has 56 valence electrons. The van der Waals surface area contributed by atoms with Crippen molar-refractivity contribution in [1.82, 2.24) is 0 Å². The van der Waals surface area contributed by atoms with E-state index in [4.69, 9.17) is 4.74 Å². The van der Waals surface area contributed by atoms with Crippen LogP contribution in [0.4, 0.5) is 0 Å². The molecule has 0 aromatic heterocycles. The molecular formula is C6H8O3S. The lowest BCUT2D eigenvalue weighted by Gasteiger charge is -1.95. The summed E-state index contributed by atoms with van der Waals surface area (Å²) < 4.78 is 9.46. The second-order valence-electron chi connectivity index (χ2n) is 1.87. The van der Waals surface area contributed by atoms with Gasteiger partial charge in [0, 0.05) is 11.3 Å². The molecular weight excluding hydrogens is 152 g/mol. The van der Waals surface area contributed by atoms with E-state index in [9.17, 15) is 4.79 Å². The van der Waals surface area contributed by atoms with Crippen molar-refractivity contribution >= 4 is 18.6 Å². The number of rotatable bonds is 2. The van der Waals surface area contributed by atoms with Crippen LogP contribution in [0, 0.1) is 0 Å². The maximum absolute atomic E-state index is 10.7. The van der Waals surface area contributed by atoms with E-state index in [0.29, 0.717) is 18.1 Å². The van der Waals surface area contributed by atoms with Crippen LogP contribution in [0.5, 0.6) is 0 Å². The van der Waals surface area contributed by atoms with Crippen molar-refractivity contribution in [2.24, 2.45) is 0 Å². The van der Waals surface area contributed by atoms with E-state index in [0.717, 1.165) is 5.57 Å². The first kappa shape index (κ1) is 7.47. The number of methoxy groups -OCH3 is 1. The van der Waals surface area contributed by atoms with Gasteiger partial charge >= 0.3 is 5.97 Å². The molecule has 0 fully saturated rings. The molecule has 0 amide bonds. The Balaban J connectivity index is 2.81. The maximum Gasteiger partial charge on any atom is 0.374 e. The molecule has 4 heteroatoms. The van der Waals surface area contributed by atoms with Crippen LogP contribution in [-0.4, -0.2) is 25.4 Å². The minimum Gasteiger partial charge on any atom is -0.490 e. The average Bonchev–Trinajstić information content (AvgIpc) is 2.30. The highest BCUT2D eigenvalue weighted by atomic mass is 32.1. The average molecular weight is 160 g/mol. The summed E-state index contributed by atoms with van der Waals surface area (Å²) >= 11 is 4.00. The van der Waals surface area contributed by atoms with Gasteiger partial charge in [0.25, 0.3) is 0 Å². The van der Waals surface area contributed by atoms with Crippen LogP contribution in [0.15, 0.2) is 11.3 Å². The summed E-state index contributed by atoms with van der Waals surface area (Å²) in [6, 6.07) is 0. The second-order valence-corrected chi connectivity index (χ2v) is 2.19. The Morgan fingerprint density at radius 2 is 2.50 bits per heavy atom. The monoisotopic (exact) mass is 160 g/mol. The number of cyclic esters (lactones) is 1. The highest BCUT2D eigenvalue weighted by Gasteiger charge is 2.24. The van der Waals surface area contributed by atoms with Crippen LogP contribution < -0.4 is 0 Å². The van der Waals surface area contributed by atoms with E-state index >= 15 is 0 Å². The normalized spacial score (nSPS) is 17.6. The summed E-state index contributed by atoms with van der Waals surface area (Å²) in [6.45, 7) is 0.325. The smallest absolute Gasteiger partial charge is 0.374 e. The molecule has 0 aliphatic carbocycles. The van der Waals surface area contributed by atoms with Crippen LogP contribution >= 0.6 is 12.6 Å². The van der Waals surface area contributed by atoms with Crippen molar-refractivity contribution in [2.45, 2.75) is 0 Å². The van der Waals surface area contributed by atoms with E-state index in [-0.39, 0.29) is 5.97 Å². The molecule has 3 nitrogen and oxygen atoms in total. The number of thiol groups is 1. The van der Waals surface area contributed by atoms with Gasteiger partial charge < -0.3 is 9.47 Å². The Morgan fingerprint density at radius 3 is 2.90 bits per heavy atom. The van der Waals surface area contributed by atoms with Crippen molar-refractivity contribution in [3.05, 3.63) is 11.3 Å². The summed E-state index contributed by atoms with van der Waals surface area (Å²) in [5, 5.41) is 0. The lowest BCUT2D eigenvalue weighted by molar-refractivity contribution is -0.138. The molecule has 1 aliphatic heterocycles. The number of esters is 1. The fourth-order valence-electron chi connectivity index (χ4n) is 0.773. The van der Waals surface area contributed by atoms with E-state index in [1.165, 1.54) is 7.11 Å². The summed E-state index contributed by atoms with van der Waals surface area (Å²) in [5.74, 6) is 0.441. The number of carbonyl (C=O) groups excluding carboxylic acids is 1. The van der Waals surface area contributed by atoms with Gasteiger partial charge in [-0.15, -0.1) is 0 Å². The van der Waals surface area contributed by atoms with Crippen molar-refractivity contribution in [2.75, 3.05) is 19.5 Å². The lowest BCUT2D eigenvalue weighted by Crippen LogP contribution is -2.00. The van der Waals surface area contributed by atoms with Crippen LogP contribution in [0.25, 0.3) is 0 Å². The Kier molecular flexibility index (Phi) is 2.21. The fourth-order valence-corrected chi connectivity index (χ4v) is 1.01. The van der Waals surface area contributed by atoms with E-state index in [2.05, 4.69) is 17.4 Å². The Labute approximate surface area is 64.4 Å². The Morgan fingerprint density at radius 1 is 1.80 bits per heavy atom. The SMILES string of the molecule is COC1=C(CS)COC1=O. The topological polar surface area (TPSA) is 35.5 Å². The summed E-state index contributed by atoms with van der Waals surface area (Å²) in [4.78, 5) is 10.7. The number of carbonyl (C=O) groups is 1. The van der Waals surface area contributed by atoms with Gasteiger partial charge in [0.05, 0.1) is 7.11 Å². The molecule has 1 rings (SSSR count). The highest BCUT2D eigenvalue weighted by Crippen LogP contribution is 2.16. The minimum atomic E-state index is -0.383. The largest absolute Gasteiger partial charge is 0.490 e. The first-order chi connectivity index (χ1) is 4.79. The van der Waals surface area contributed by atoms with Crippen LogP contribution in [0.2, 0.25) is 0 Å². The highest BCUT2D eigenvalue weighted by molar-refractivity contribution is 7.80. The van der Waals surface area contributed by atoms with Crippen molar-refractivity contribution in [1.29, 1.82) is 0 Å². The molecule has 10 heavy (non-hydrogen) atoms. The van der Waals surface area contributed by atoms with Gasteiger partial charge in [-0.05, 0) is 0 Å². The van der Waals surface area contributed by atoms with E-state index in [1.807, 2.05) is 0 Å². The zero-order valence-electron chi connectivity index (χ0n) is 5.59. The summed E-state index contributed by atoms with van der Waals surface area (Å²) in [7, 11) is 1.45.